The summed E-state index contributed by atoms with van der Waals surface area (Å²) in [4.78, 5) is 49.8. The molecule has 0 radical (unpaired) electrons. The lowest BCUT2D eigenvalue weighted by molar-refractivity contribution is -0.384. The number of hydrazine groups is 1. The highest BCUT2D eigenvalue weighted by Gasteiger charge is 2.21. The van der Waals surface area contributed by atoms with Gasteiger partial charge in [-0.15, -0.1) is 0 Å². The summed E-state index contributed by atoms with van der Waals surface area (Å²) in [6.45, 7) is 0. The molecule has 2 rings (SSSR count). The average molecular weight is 428 g/mol. The molecule has 2 amide bonds. The van der Waals surface area contributed by atoms with Gasteiger partial charge in [-0.3, -0.25) is 35.3 Å². The van der Waals surface area contributed by atoms with Gasteiger partial charge in [0.1, 0.15) is 0 Å². The van der Waals surface area contributed by atoms with Crippen molar-refractivity contribution in [2.45, 2.75) is 18.8 Å². The molecule has 1 unspecified atom stereocenters. The SMILES string of the molecule is NC(N)=Nc1cccc(C(=O)NNC(=O)CC(CC(=O)O)c2cccc([N+](=O)[O-])c2)c1. The minimum atomic E-state index is -1.18. The Bertz CT molecular complexity index is 1030. The van der Waals surface area contributed by atoms with Crippen molar-refractivity contribution in [2.75, 3.05) is 0 Å². The highest BCUT2D eigenvalue weighted by molar-refractivity contribution is 5.96. The van der Waals surface area contributed by atoms with Crippen molar-refractivity contribution in [1.29, 1.82) is 0 Å². The van der Waals surface area contributed by atoms with Crippen molar-refractivity contribution in [3.63, 3.8) is 0 Å². The molecule has 31 heavy (non-hydrogen) atoms. The van der Waals surface area contributed by atoms with Gasteiger partial charge in [0.05, 0.1) is 17.0 Å². The highest BCUT2D eigenvalue weighted by atomic mass is 16.6. The van der Waals surface area contributed by atoms with Gasteiger partial charge in [-0.05, 0) is 23.8 Å². The second-order valence-electron chi connectivity index (χ2n) is 6.44. The van der Waals surface area contributed by atoms with E-state index in [9.17, 15) is 24.5 Å². The van der Waals surface area contributed by atoms with Gasteiger partial charge in [-0.2, -0.15) is 0 Å². The molecule has 0 aliphatic heterocycles. The van der Waals surface area contributed by atoms with Crippen LogP contribution in [0.15, 0.2) is 53.5 Å². The second kappa shape index (κ2) is 10.3. The van der Waals surface area contributed by atoms with Crippen LogP contribution in [0.5, 0.6) is 0 Å². The van der Waals surface area contributed by atoms with E-state index in [4.69, 9.17) is 16.6 Å². The first kappa shape index (κ1) is 22.8. The number of nitro benzene ring substituents is 1. The molecular formula is C19H20N6O6. The van der Waals surface area contributed by atoms with E-state index in [-0.39, 0.29) is 23.6 Å². The van der Waals surface area contributed by atoms with E-state index < -0.39 is 35.0 Å². The normalized spacial score (nSPS) is 11.1. The summed E-state index contributed by atoms with van der Waals surface area (Å²) < 4.78 is 0. The third-order valence-corrected chi connectivity index (χ3v) is 4.09. The van der Waals surface area contributed by atoms with Crippen LogP contribution >= 0.6 is 0 Å². The first-order valence-corrected chi connectivity index (χ1v) is 8.90. The van der Waals surface area contributed by atoms with E-state index in [1.807, 2.05) is 0 Å². The number of benzene rings is 2. The number of rotatable bonds is 8. The van der Waals surface area contributed by atoms with Crippen molar-refractivity contribution >= 4 is 35.1 Å². The zero-order valence-electron chi connectivity index (χ0n) is 16.1. The Morgan fingerprint density at radius 2 is 1.77 bits per heavy atom. The molecule has 12 nitrogen and oxygen atoms in total. The molecule has 0 saturated carbocycles. The fourth-order valence-electron chi connectivity index (χ4n) is 2.75. The van der Waals surface area contributed by atoms with Crippen LogP contribution in [0.1, 0.15) is 34.7 Å². The average Bonchev–Trinajstić information content (AvgIpc) is 2.71. The number of carbonyl (C=O) groups excluding carboxylic acids is 2. The molecule has 2 aromatic rings. The van der Waals surface area contributed by atoms with Gasteiger partial charge in [0.25, 0.3) is 11.6 Å². The monoisotopic (exact) mass is 428 g/mol. The van der Waals surface area contributed by atoms with Crippen LogP contribution in [0.2, 0.25) is 0 Å². The Morgan fingerprint density at radius 3 is 2.42 bits per heavy atom. The quantitative estimate of drug-likeness (QED) is 0.176. The van der Waals surface area contributed by atoms with E-state index in [0.29, 0.717) is 11.3 Å². The van der Waals surface area contributed by atoms with Gasteiger partial charge in [0, 0.05) is 30.0 Å². The highest BCUT2D eigenvalue weighted by Crippen LogP contribution is 2.26. The molecule has 12 heteroatoms. The van der Waals surface area contributed by atoms with Crippen LogP contribution in [0.4, 0.5) is 11.4 Å². The maximum Gasteiger partial charge on any atom is 0.303 e. The summed E-state index contributed by atoms with van der Waals surface area (Å²) in [5.41, 5.74) is 15.6. The van der Waals surface area contributed by atoms with Crippen molar-refractivity contribution in [1.82, 2.24) is 10.9 Å². The number of carboxylic acid groups (broad SMARTS) is 1. The number of guanidine groups is 1. The van der Waals surface area contributed by atoms with E-state index in [0.717, 1.165) is 0 Å². The van der Waals surface area contributed by atoms with Gasteiger partial charge in [-0.1, -0.05) is 18.2 Å². The number of nitrogens with one attached hydrogen (secondary N) is 2. The minimum Gasteiger partial charge on any atom is -0.481 e. The zero-order chi connectivity index (χ0) is 23.0. The molecular weight excluding hydrogens is 408 g/mol. The molecule has 0 fully saturated rings. The molecule has 0 aliphatic carbocycles. The minimum absolute atomic E-state index is 0.170. The number of nitro groups is 1. The van der Waals surface area contributed by atoms with Gasteiger partial charge in [0.2, 0.25) is 5.91 Å². The van der Waals surface area contributed by atoms with Crippen LogP contribution in [0.25, 0.3) is 0 Å². The molecule has 0 saturated heterocycles. The summed E-state index contributed by atoms with van der Waals surface area (Å²) >= 11 is 0. The lowest BCUT2D eigenvalue weighted by atomic mass is 9.92. The first-order valence-electron chi connectivity index (χ1n) is 8.90. The third kappa shape index (κ3) is 7.12. The number of carbonyl (C=O) groups is 3. The van der Waals surface area contributed by atoms with Crippen LogP contribution in [-0.4, -0.2) is 33.8 Å². The van der Waals surface area contributed by atoms with E-state index in [1.165, 1.54) is 36.4 Å². The number of hydrogen-bond donors (Lipinski definition) is 5. The van der Waals surface area contributed by atoms with E-state index in [1.54, 1.807) is 12.1 Å². The molecule has 7 N–H and O–H groups in total. The summed E-state index contributed by atoms with van der Waals surface area (Å²) in [6.07, 6.45) is -0.745. The molecule has 0 heterocycles. The fraction of sp³-hybridized carbons (Fsp3) is 0.158. The third-order valence-electron chi connectivity index (χ3n) is 4.09. The van der Waals surface area contributed by atoms with Gasteiger partial charge < -0.3 is 16.6 Å². The number of aliphatic carboxylic acids is 1. The summed E-state index contributed by atoms with van der Waals surface area (Å²) in [5, 5.41) is 20.1. The van der Waals surface area contributed by atoms with Crippen molar-refractivity contribution in [3.8, 4) is 0 Å². The van der Waals surface area contributed by atoms with Gasteiger partial charge in [0.15, 0.2) is 5.96 Å². The Balaban J connectivity index is 2.05. The van der Waals surface area contributed by atoms with Crippen molar-refractivity contribution < 1.29 is 24.4 Å². The Kier molecular flexibility index (Phi) is 7.61. The lowest BCUT2D eigenvalue weighted by Crippen LogP contribution is -2.42. The van der Waals surface area contributed by atoms with Crippen LogP contribution in [0.3, 0.4) is 0 Å². The summed E-state index contributed by atoms with van der Waals surface area (Å²) in [5.74, 6) is -3.52. The molecule has 1 atom stereocenters. The fourth-order valence-corrected chi connectivity index (χ4v) is 2.75. The molecule has 0 bridgehead atoms. The van der Waals surface area contributed by atoms with Crippen molar-refractivity contribution in [2.24, 2.45) is 16.5 Å². The smallest absolute Gasteiger partial charge is 0.303 e. The number of hydrogen-bond acceptors (Lipinski definition) is 6. The number of carboxylic acids is 1. The molecule has 162 valence electrons. The topological polar surface area (TPSA) is 203 Å². The predicted octanol–water partition coefficient (Wildman–Crippen LogP) is 0.909. The maximum atomic E-state index is 12.3. The van der Waals surface area contributed by atoms with Crippen molar-refractivity contribution in [3.05, 3.63) is 69.8 Å². The Labute approximate surface area is 176 Å². The lowest BCUT2D eigenvalue weighted by Gasteiger charge is -2.15. The van der Waals surface area contributed by atoms with E-state index in [2.05, 4.69) is 15.8 Å². The first-order chi connectivity index (χ1) is 14.7. The van der Waals surface area contributed by atoms with Crippen LogP contribution < -0.4 is 22.3 Å². The number of nitrogens with zero attached hydrogens (tertiary/aromatic N) is 2. The van der Waals surface area contributed by atoms with E-state index >= 15 is 0 Å². The Hall–Kier alpha value is -4.48. The number of amides is 2. The summed E-state index contributed by atoms with van der Waals surface area (Å²) in [7, 11) is 0. The largest absolute Gasteiger partial charge is 0.481 e. The van der Waals surface area contributed by atoms with Crippen LogP contribution in [0, 0.1) is 10.1 Å². The molecule has 0 aromatic heterocycles. The number of aliphatic imine (C=N–C) groups is 1. The molecule has 0 aliphatic rings. The summed E-state index contributed by atoms with van der Waals surface area (Å²) in [6, 6.07) is 11.4. The predicted molar refractivity (Wildman–Crippen MR) is 110 cm³/mol. The van der Waals surface area contributed by atoms with Crippen LogP contribution in [-0.2, 0) is 9.59 Å². The molecule has 2 aromatic carbocycles. The van der Waals surface area contributed by atoms with Gasteiger partial charge >= 0.3 is 5.97 Å². The Morgan fingerprint density at radius 1 is 1.06 bits per heavy atom. The molecule has 0 spiro atoms. The zero-order valence-corrected chi connectivity index (χ0v) is 16.1. The standard InChI is InChI=1S/C19H20N6O6/c20-19(21)22-14-5-1-4-12(7-14)18(29)24-23-16(26)9-13(10-17(27)28)11-3-2-6-15(8-11)25(30)31/h1-8,13H,9-10H2,(H,23,26)(H,24,29)(H,27,28)(H4,20,21,22). The maximum absolute atomic E-state index is 12.3. The number of non-ortho nitro benzene ring substituents is 1. The second-order valence-corrected chi connectivity index (χ2v) is 6.44. The van der Waals surface area contributed by atoms with Gasteiger partial charge in [-0.25, -0.2) is 4.99 Å². The number of nitrogens with two attached hydrogens (primary N) is 2.